The molecule has 0 aliphatic heterocycles. The number of ether oxygens (including phenoxy) is 1. The molecule has 0 atom stereocenters. The maximum absolute atomic E-state index is 11.0. The number of amides is 1. The second kappa shape index (κ2) is 4.00. The molecule has 0 saturated heterocycles. The molecule has 1 aromatic rings. The lowest BCUT2D eigenvalue weighted by Gasteiger charge is -2.16. The zero-order valence-electron chi connectivity index (χ0n) is 9.43. The number of anilines is 1. The third kappa shape index (κ3) is 2.24. The molecule has 0 aromatic carbocycles. The summed E-state index contributed by atoms with van der Waals surface area (Å²) in [7, 11) is 3.71. The molecule has 5 nitrogen and oxygen atoms in total. The Morgan fingerprint density at radius 2 is 2.19 bits per heavy atom. The number of pyridine rings is 1. The summed E-state index contributed by atoms with van der Waals surface area (Å²) in [6.07, 6.45) is 2.48. The summed E-state index contributed by atoms with van der Waals surface area (Å²) in [5, 5.41) is 0. The predicted octanol–water partition coefficient (Wildman–Crippen LogP) is 0.788. The summed E-state index contributed by atoms with van der Waals surface area (Å²) in [4.78, 5) is 17.0. The number of nitrogens with zero attached hydrogens (tertiary/aromatic N) is 2. The van der Waals surface area contributed by atoms with Crippen LogP contribution in [-0.4, -0.2) is 31.1 Å². The van der Waals surface area contributed by atoms with Gasteiger partial charge in [-0.25, -0.2) is 4.98 Å². The number of aromatic nitrogens is 1. The van der Waals surface area contributed by atoms with Gasteiger partial charge in [0.1, 0.15) is 5.69 Å². The summed E-state index contributed by atoms with van der Waals surface area (Å²) in [6.45, 7) is 0. The first kappa shape index (κ1) is 10.7. The zero-order valence-corrected chi connectivity index (χ0v) is 9.43. The lowest BCUT2D eigenvalue weighted by molar-refractivity contribution is 0.0995. The van der Waals surface area contributed by atoms with Crippen molar-refractivity contribution in [3.8, 4) is 5.75 Å². The Hall–Kier alpha value is -1.78. The minimum atomic E-state index is -0.527. The van der Waals surface area contributed by atoms with Crippen LogP contribution in [0.3, 0.4) is 0 Å². The largest absolute Gasteiger partial charge is 0.487 e. The van der Waals surface area contributed by atoms with E-state index in [9.17, 15) is 4.79 Å². The van der Waals surface area contributed by atoms with Gasteiger partial charge in [0.25, 0.3) is 5.91 Å². The van der Waals surface area contributed by atoms with E-state index in [0.29, 0.717) is 17.7 Å². The highest BCUT2D eigenvalue weighted by Gasteiger charge is 2.25. The molecule has 1 saturated carbocycles. The van der Waals surface area contributed by atoms with E-state index in [1.165, 1.54) is 0 Å². The molecule has 86 valence electrons. The fraction of sp³-hybridized carbons (Fsp3) is 0.455. The molecule has 1 aromatic heterocycles. The molecule has 0 radical (unpaired) electrons. The third-order valence-corrected chi connectivity index (χ3v) is 2.33. The van der Waals surface area contributed by atoms with Gasteiger partial charge in [0, 0.05) is 14.1 Å². The number of hydrogen-bond acceptors (Lipinski definition) is 4. The Morgan fingerprint density at radius 3 is 2.69 bits per heavy atom. The first-order valence-corrected chi connectivity index (χ1v) is 5.23. The first-order chi connectivity index (χ1) is 7.58. The number of carbonyl (C=O) groups is 1. The van der Waals surface area contributed by atoms with Crippen LogP contribution in [0.25, 0.3) is 0 Å². The Labute approximate surface area is 94.2 Å². The molecular formula is C11H15N3O2. The van der Waals surface area contributed by atoms with Crippen molar-refractivity contribution >= 4 is 11.7 Å². The lowest BCUT2D eigenvalue weighted by Crippen LogP contribution is -2.18. The van der Waals surface area contributed by atoms with Crippen molar-refractivity contribution < 1.29 is 9.53 Å². The normalized spacial score (nSPS) is 14.6. The van der Waals surface area contributed by atoms with Crippen LogP contribution in [0.4, 0.5) is 5.82 Å². The average molecular weight is 221 g/mol. The van der Waals surface area contributed by atoms with Crippen LogP contribution in [0.1, 0.15) is 23.3 Å². The van der Waals surface area contributed by atoms with Gasteiger partial charge in [-0.1, -0.05) is 0 Å². The minimum Gasteiger partial charge on any atom is -0.487 e. The van der Waals surface area contributed by atoms with E-state index in [1.807, 2.05) is 19.0 Å². The summed E-state index contributed by atoms with van der Waals surface area (Å²) < 4.78 is 5.70. The Balaban J connectivity index is 2.31. The Morgan fingerprint density at radius 1 is 1.50 bits per heavy atom. The highest BCUT2D eigenvalue weighted by Crippen LogP contribution is 2.32. The summed E-state index contributed by atoms with van der Waals surface area (Å²) in [5.41, 5.74) is 5.44. The van der Waals surface area contributed by atoms with Crippen molar-refractivity contribution in [1.82, 2.24) is 4.98 Å². The number of carbonyl (C=O) groups excluding carboxylic acids is 1. The van der Waals surface area contributed by atoms with Crippen LogP contribution in [0.2, 0.25) is 0 Å². The van der Waals surface area contributed by atoms with Gasteiger partial charge in [0.15, 0.2) is 11.6 Å². The molecule has 5 heteroatoms. The van der Waals surface area contributed by atoms with E-state index in [0.717, 1.165) is 12.8 Å². The van der Waals surface area contributed by atoms with Crippen LogP contribution in [0.5, 0.6) is 5.75 Å². The lowest BCUT2D eigenvalue weighted by atomic mass is 10.3. The smallest absolute Gasteiger partial charge is 0.267 e. The molecule has 0 spiro atoms. The van der Waals surface area contributed by atoms with E-state index < -0.39 is 5.91 Å². The molecule has 16 heavy (non-hydrogen) atoms. The van der Waals surface area contributed by atoms with Crippen molar-refractivity contribution in [3.63, 3.8) is 0 Å². The molecule has 0 bridgehead atoms. The SMILES string of the molecule is CN(C)c1nc(C(N)=O)ccc1OC1CC1. The molecular weight excluding hydrogens is 206 g/mol. The van der Waals surface area contributed by atoms with Gasteiger partial charge in [-0.15, -0.1) is 0 Å². The molecule has 0 unspecified atom stereocenters. The van der Waals surface area contributed by atoms with Gasteiger partial charge in [-0.05, 0) is 25.0 Å². The van der Waals surface area contributed by atoms with Gasteiger partial charge in [0.05, 0.1) is 6.10 Å². The predicted molar refractivity (Wildman–Crippen MR) is 60.7 cm³/mol. The number of hydrogen-bond donors (Lipinski definition) is 1. The number of rotatable bonds is 4. The topological polar surface area (TPSA) is 68.5 Å². The highest BCUT2D eigenvalue weighted by atomic mass is 16.5. The maximum Gasteiger partial charge on any atom is 0.267 e. The number of nitrogens with two attached hydrogens (primary N) is 1. The fourth-order valence-electron chi connectivity index (χ4n) is 1.35. The summed E-state index contributed by atoms with van der Waals surface area (Å²) in [6, 6.07) is 3.34. The van der Waals surface area contributed by atoms with Gasteiger partial charge in [0.2, 0.25) is 0 Å². The third-order valence-electron chi connectivity index (χ3n) is 2.33. The zero-order chi connectivity index (χ0) is 11.7. The molecule has 1 aliphatic rings. The second-order valence-electron chi connectivity index (χ2n) is 4.09. The van der Waals surface area contributed by atoms with Crippen LogP contribution in [-0.2, 0) is 0 Å². The standard InChI is InChI=1S/C11H15N3O2/c1-14(2)11-9(16-7-3-4-7)6-5-8(13-11)10(12)15/h5-7H,3-4H2,1-2H3,(H2,12,15). The van der Waals surface area contributed by atoms with Crippen LogP contribution < -0.4 is 15.4 Å². The summed E-state index contributed by atoms with van der Waals surface area (Å²) in [5.74, 6) is 0.821. The fourth-order valence-corrected chi connectivity index (χ4v) is 1.35. The van der Waals surface area contributed by atoms with Gasteiger partial charge < -0.3 is 15.4 Å². The Kier molecular flexibility index (Phi) is 2.68. The van der Waals surface area contributed by atoms with E-state index in [-0.39, 0.29) is 5.69 Å². The number of primary amides is 1. The van der Waals surface area contributed by atoms with Gasteiger partial charge in [-0.2, -0.15) is 0 Å². The van der Waals surface area contributed by atoms with E-state index in [1.54, 1.807) is 12.1 Å². The molecule has 2 rings (SSSR count). The minimum absolute atomic E-state index is 0.256. The molecule has 1 fully saturated rings. The first-order valence-electron chi connectivity index (χ1n) is 5.23. The van der Waals surface area contributed by atoms with E-state index >= 15 is 0 Å². The van der Waals surface area contributed by atoms with E-state index in [4.69, 9.17) is 10.5 Å². The molecule has 1 heterocycles. The second-order valence-corrected chi connectivity index (χ2v) is 4.09. The quantitative estimate of drug-likeness (QED) is 0.816. The van der Waals surface area contributed by atoms with Crippen LogP contribution in [0, 0.1) is 0 Å². The highest BCUT2D eigenvalue weighted by molar-refractivity contribution is 5.91. The van der Waals surface area contributed by atoms with Crippen molar-refractivity contribution in [2.24, 2.45) is 5.73 Å². The summed E-state index contributed by atoms with van der Waals surface area (Å²) >= 11 is 0. The average Bonchev–Trinajstić information content (AvgIpc) is 3.01. The van der Waals surface area contributed by atoms with Crippen molar-refractivity contribution in [1.29, 1.82) is 0 Å². The van der Waals surface area contributed by atoms with Crippen LogP contribution >= 0.6 is 0 Å². The van der Waals surface area contributed by atoms with Crippen molar-refractivity contribution in [2.45, 2.75) is 18.9 Å². The van der Waals surface area contributed by atoms with Gasteiger partial charge >= 0.3 is 0 Å². The molecule has 1 aliphatic carbocycles. The van der Waals surface area contributed by atoms with E-state index in [2.05, 4.69) is 4.98 Å². The van der Waals surface area contributed by atoms with Crippen LogP contribution in [0.15, 0.2) is 12.1 Å². The maximum atomic E-state index is 11.0. The van der Waals surface area contributed by atoms with Gasteiger partial charge in [-0.3, -0.25) is 4.79 Å². The Bertz CT molecular complexity index is 414. The monoisotopic (exact) mass is 221 g/mol. The van der Waals surface area contributed by atoms with Crippen molar-refractivity contribution in [3.05, 3.63) is 17.8 Å². The molecule has 2 N–H and O–H groups in total. The molecule has 1 amide bonds. The van der Waals surface area contributed by atoms with Crippen molar-refractivity contribution in [2.75, 3.05) is 19.0 Å².